The summed E-state index contributed by atoms with van der Waals surface area (Å²) in [6, 6.07) is 12.2. The first-order valence-electron chi connectivity index (χ1n) is 6.33. The molecule has 1 fully saturated rings. The zero-order chi connectivity index (χ0) is 13.2. The van der Waals surface area contributed by atoms with Crippen molar-refractivity contribution >= 4 is 33.2 Å². The Bertz CT molecular complexity index is 578. The van der Waals surface area contributed by atoms with Crippen LogP contribution in [0, 0.1) is 0 Å². The van der Waals surface area contributed by atoms with Gasteiger partial charge in [-0.15, -0.1) is 11.3 Å². The number of rotatable bonds is 4. The summed E-state index contributed by atoms with van der Waals surface area (Å²) in [6.07, 6.45) is 2.25. The van der Waals surface area contributed by atoms with Crippen LogP contribution in [0.1, 0.15) is 28.1 Å². The fraction of sp³-hybridized carbons (Fsp3) is 0.267. The first-order valence-corrected chi connectivity index (χ1v) is 8.01. The van der Waals surface area contributed by atoms with Gasteiger partial charge in [0.25, 0.3) is 5.91 Å². The Balaban J connectivity index is 1.84. The average molecular weight is 336 g/mol. The van der Waals surface area contributed by atoms with Gasteiger partial charge in [0.2, 0.25) is 0 Å². The molecule has 4 heteroatoms. The monoisotopic (exact) mass is 335 g/mol. The van der Waals surface area contributed by atoms with E-state index in [1.807, 2.05) is 35.2 Å². The summed E-state index contributed by atoms with van der Waals surface area (Å²) in [6.45, 7) is 0.725. The summed E-state index contributed by atoms with van der Waals surface area (Å²) in [5.74, 6) is 0.128. The van der Waals surface area contributed by atoms with Gasteiger partial charge in [0, 0.05) is 15.4 Å². The molecule has 0 radical (unpaired) electrons. The zero-order valence-electron chi connectivity index (χ0n) is 10.4. The predicted molar refractivity (Wildman–Crippen MR) is 81.4 cm³/mol. The highest BCUT2D eigenvalue weighted by Gasteiger charge is 2.33. The molecule has 0 saturated heterocycles. The van der Waals surface area contributed by atoms with Crippen LogP contribution in [0.5, 0.6) is 0 Å². The third-order valence-corrected chi connectivity index (χ3v) is 4.81. The normalized spacial score (nSPS) is 14.4. The van der Waals surface area contributed by atoms with E-state index >= 15 is 0 Å². The van der Waals surface area contributed by atoms with Crippen molar-refractivity contribution in [1.82, 2.24) is 4.90 Å². The summed E-state index contributed by atoms with van der Waals surface area (Å²) in [7, 11) is 0. The van der Waals surface area contributed by atoms with Crippen molar-refractivity contribution in [1.29, 1.82) is 0 Å². The molecule has 19 heavy (non-hydrogen) atoms. The molecular weight excluding hydrogens is 322 g/mol. The Morgan fingerprint density at radius 3 is 2.68 bits per heavy atom. The lowest BCUT2D eigenvalue weighted by Gasteiger charge is -2.22. The second kappa shape index (κ2) is 5.47. The fourth-order valence-electron chi connectivity index (χ4n) is 2.11. The molecule has 98 valence electrons. The maximum atomic E-state index is 12.7. The lowest BCUT2D eigenvalue weighted by Crippen LogP contribution is -2.32. The van der Waals surface area contributed by atoms with Crippen LogP contribution >= 0.6 is 27.3 Å². The highest BCUT2D eigenvalue weighted by molar-refractivity contribution is 9.10. The van der Waals surface area contributed by atoms with E-state index in [0.29, 0.717) is 6.04 Å². The van der Waals surface area contributed by atoms with Crippen LogP contribution in [-0.2, 0) is 6.54 Å². The number of hydrogen-bond donors (Lipinski definition) is 0. The first-order chi connectivity index (χ1) is 9.25. The van der Waals surface area contributed by atoms with Gasteiger partial charge in [0.05, 0.1) is 12.1 Å². The van der Waals surface area contributed by atoms with Crippen molar-refractivity contribution in [3.63, 3.8) is 0 Å². The van der Waals surface area contributed by atoms with Crippen molar-refractivity contribution < 1.29 is 4.79 Å². The minimum atomic E-state index is 0.128. The topological polar surface area (TPSA) is 20.3 Å². The van der Waals surface area contributed by atoms with E-state index in [1.165, 1.54) is 4.88 Å². The predicted octanol–water partition coefficient (Wildman–Crippen LogP) is 4.32. The number of thiophene rings is 1. The zero-order valence-corrected chi connectivity index (χ0v) is 12.8. The number of nitrogens with zero attached hydrogens (tertiary/aromatic N) is 1. The number of benzene rings is 1. The smallest absolute Gasteiger partial charge is 0.255 e. The first kappa shape index (κ1) is 12.9. The lowest BCUT2D eigenvalue weighted by atomic mass is 10.2. The van der Waals surface area contributed by atoms with Crippen molar-refractivity contribution in [3.05, 3.63) is 56.7 Å². The number of amides is 1. The quantitative estimate of drug-likeness (QED) is 0.814. The molecular formula is C15H14BrNOS. The van der Waals surface area contributed by atoms with Gasteiger partial charge < -0.3 is 4.90 Å². The van der Waals surface area contributed by atoms with Crippen LogP contribution in [0.3, 0.4) is 0 Å². The van der Waals surface area contributed by atoms with Crippen molar-refractivity contribution in [2.24, 2.45) is 0 Å². The third kappa shape index (κ3) is 2.90. The van der Waals surface area contributed by atoms with E-state index in [-0.39, 0.29) is 5.91 Å². The molecule has 1 saturated carbocycles. The van der Waals surface area contributed by atoms with Gasteiger partial charge >= 0.3 is 0 Å². The Morgan fingerprint density at radius 1 is 1.26 bits per heavy atom. The summed E-state index contributed by atoms with van der Waals surface area (Å²) in [5, 5.41) is 2.06. The third-order valence-electron chi connectivity index (χ3n) is 3.26. The van der Waals surface area contributed by atoms with E-state index in [1.54, 1.807) is 11.3 Å². The molecule has 3 rings (SSSR count). The largest absolute Gasteiger partial charge is 0.330 e. The average Bonchev–Trinajstić information content (AvgIpc) is 3.13. The van der Waals surface area contributed by atoms with Crippen LogP contribution in [0.2, 0.25) is 0 Å². The molecule has 0 spiro atoms. The summed E-state index contributed by atoms with van der Waals surface area (Å²) < 4.78 is 0.872. The Morgan fingerprint density at radius 2 is 2.05 bits per heavy atom. The van der Waals surface area contributed by atoms with Gasteiger partial charge in [-0.05, 0) is 52.4 Å². The van der Waals surface area contributed by atoms with E-state index < -0.39 is 0 Å². The standard InChI is InChI=1S/C15H14BrNOS/c16-14-6-2-1-5-13(14)15(18)17(11-7-8-11)10-12-4-3-9-19-12/h1-6,9,11H,7-8,10H2. The van der Waals surface area contributed by atoms with Gasteiger partial charge in [0.1, 0.15) is 0 Å². The number of hydrogen-bond acceptors (Lipinski definition) is 2. The fourth-order valence-corrected chi connectivity index (χ4v) is 3.27. The van der Waals surface area contributed by atoms with Crippen molar-refractivity contribution in [2.75, 3.05) is 0 Å². The van der Waals surface area contributed by atoms with Gasteiger partial charge in [-0.2, -0.15) is 0 Å². The van der Waals surface area contributed by atoms with Gasteiger partial charge in [0.15, 0.2) is 0 Å². The number of halogens is 1. The van der Waals surface area contributed by atoms with Crippen LogP contribution in [0.15, 0.2) is 46.3 Å². The van der Waals surface area contributed by atoms with Crippen molar-refractivity contribution in [3.8, 4) is 0 Å². The molecule has 1 aliphatic carbocycles. The second-order valence-electron chi connectivity index (χ2n) is 4.72. The second-order valence-corrected chi connectivity index (χ2v) is 6.61. The molecule has 0 bridgehead atoms. The van der Waals surface area contributed by atoms with E-state index in [2.05, 4.69) is 27.4 Å². The minimum absolute atomic E-state index is 0.128. The Hall–Kier alpha value is -1.13. The molecule has 0 unspecified atom stereocenters. The number of carbonyl (C=O) groups excluding carboxylic acids is 1. The van der Waals surface area contributed by atoms with Crippen LogP contribution < -0.4 is 0 Å². The highest BCUT2D eigenvalue weighted by atomic mass is 79.9. The van der Waals surface area contributed by atoms with E-state index in [9.17, 15) is 4.79 Å². The molecule has 1 heterocycles. The highest BCUT2D eigenvalue weighted by Crippen LogP contribution is 2.31. The molecule has 2 aromatic rings. The van der Waals surface area contributed by atoms with Gasteiger partial charge in [-0.3, -0.25) is 4.79 Å². The molecule has 0 N–H and O–H groups in total. The molecule has 0 aliphatic heterocycles. The molecule has 1 aliphatic rings. The van der Waals surface area contributed by atoms with Crippen molar-refractivity contribution in [2.45, 2.75) is 25.4 Å². The summed E-state index contributed by atoms with van der Waals surface area (Å²) >= 11 is 5.18. The van der Waals surface area contributed by atoms with Crippen LogP contribution in [0.25, 0.3) is 0 Å². The maximum absolute atomic E-state index is 12.7. The lowest BCUT2D eigenvalue weighted by molar-refractivity contribution is 0.0731. The van der Waals surface area contributed by atoms with Gasteiger partial charge in [-0.25, -0.2) is 0 Å². The molecule has 0 atom stereocenters. The van der Waals surface area contributed by atoms with E-state index in [4.69, 9.17) is 0 Å². The molecule has 1 aromatic heterocycles. The molecule has 1 aromatic carbocycles. The molecule has 2 nitrogen and oxygen atoms in total. The van der Waals surface area contributed by atoms with Crippen LogP contribution in [-0.4, -0.2) is 16.8 Å². The van der Waals surface area contributed by atoms with Gasteiger partial charge in [-0.1, -0.05) is 18.2 Å². The SMILES string of the molecule is O=C(c1ccccc1Br)N(Cc1cccs1)C1CC1. The summed E-state index contributed by atoms with van der Waals surface area (Å²) in [4.78, 5) is 15.9. The molecule has 1 amide bonds. The summed E-state index contributed by atoms with van der Waals surface area (Å²) in [5.41, 5.74) is 0.756. The van der Waals surface area contributed by atoms with E-state index in [0.717, 1.165) is 29.4 Å². The number of carbonyl (C=O) groups is 1. The maximum Gasteiger partial charge on any atom is 0.255 e. The van der Waals surface area contributed by atoms with Crippen LogP contribution in [0.4, 0.5) is 0 Å². The minimum Gasteiger partial charge on any atom is -0.330 e. The Kier molecular flexibility index (Phi) is 3.71. The Labute approximate surface area is 125 Å².